The van der Waals surface area contributed by atoms with Gasteiger partial charge in [0.2, 0.25) is 0 Å². The lowest BCUT2D eigenvalue weighted by molar-refractivity contribution is 0.149. The summed E-state index contributed by atoms with van der Waals surface area (Å²) in [5.41, 5.74) is 0.853. The summed E-state index contributed by atoms with van der Waals surface area (Å²) in [6.45, 7) is 3.67. The highest BCUT2D eigenvalue weighted by Crippen LogP contribution is 2.27. The van der Waals surface area contributed by atoms with E-state index in [1.54, 1.807) is 7.11 Å². The average Bonchev–Trinajstić information content (AvgIpc) is 2.18. The van der Waals surface area contributed by atoms with Gasteiger partial charge in [-0.2, -0.15) is 0 Å². The number of rotatable bonds is 4. The number of methoxy groups -OCH3 is 1. The number of halogens is 1. The largest absolute Gasteiger partial charge is 0.502 e. The van der Waals surface area contributed by atoms with Crippen LogP contribution in [0.25, 0.3) is 0 Å². The molecule has 2 nitrogen and oxygen atoms in total. The molecule has 0 aliphatic rings. The number of hydrogen-bond donors (Lipinski definition) is 1. The summed E-state index contributed by atoms with van der Waals surface area (Å²) in [4.78, 5) is 0. The maximum Gasteiger partial charge on any atom is 0.0913 e. The number of aliphatic hydroxyl groups is 1. The average molecular weight is 257 g/mol. The Morgan fingerprint density at radius 2 is 2.21 bits per heavy atom. The van der Waals surface area contributed by atoms with Crippen LogP contribution in [0.15, 0.2) is 41.1 Å². The summed E-state index contributed by atoms with van der Waals surface area (Å²) in [7, 11) is 1.55. The van der Waals surface area contributed by atoms with Crippen molar-refractivity contribution in [1.82, 2.24) is 0 Å². The fourth-order valence-electron chi connectivity index (χ4n) is 1.15. The first-order valence-electron chi connectivity index (χ1n) is 4.29. The van der Waals surface area contributed by atoms with Crippen LogP contribution >= 0.6 is 15.9 Å². The van der Waals surface area contributed by atoms with E-state index in [9.17, 15) is 5.11 Å². The molecule has 0 amide bonds. The van der Waals surface area contributed by atoms with E-state index in [1.165, 1.54) is 0 Å². The molecule has 76 valence electrons. The Morgan fingerprint density at radius 1 is 1.57 bits per heavy atom. The molecule has 14 heavy (non-hydrogen) atoms. The minimum Gasteiger partial charge on any atom is -0.502 e. The van der Waals surface area contributed by atoms with Crippen molar-refractivity contribution in [3.63, 3.8) is 0 Å². The molecule has 0 radical (unpaired) electrons. The van der Waals surface area contributed by atoms with Crippen LogP contribution in [0.1, 0.15) is 18.1 Å². The molecule has 0 aliphatic carbocycles. The van der Waals surface area contributed by atoms with Crippen LogP contribution in [0, 0.1) is 0 Å². The minimum atomic E-state index is -0.571. The van der Waals surface area contributed by atoms with Crippen molar-refractivity contribution < 1.29 is 9.84 Å². The number of aliphatic hydroxyl groups excluding tert-OH is 1. The summed E-state index contributed by atoms with van der Waals surface area (Å²) in [5.74, 6) is 0.577. The first-order chi connectivity index (χ1) is 6.65. The van der Waals surface area contributed by atoms with Crippen molar-refractivity contribution in [3.8, 4) is 0 Å². The van der Waals surface area contributed by atoms with Gasteiger partial charge in [0.1, 0.15) is 0 Å². The highest BCUT2D eigenvalue weighted by Gasteiger charge is 2.11. The van der Waals surface area contributed by atoms with Crippen molar-refractivity contribution in [1.29, 1.82) is 0 Å². The first kappa shape index (κ1) is 11.3. The molecule has 0 saturated heterocycles. The summed E-state index contributed by atoms with van der Waals surface area (Å²) in [6.07, 6.45) is -0.155. The fourth-order valence-corrected chi connectivity index (χ4v) is 1.70. The lowest BCUT2D eigenvalue weighted by Crippen LogP contribution is -2.00. The van der Waals surface area contributed by atoms with Crippen LogP contribution in [0.3, 0.4) is 0 Å². The monoisotopic (exact) mass is 256 g/mol. The van der Waals surface area contributed by atoms with Gasteiger partial charge >= 0.3 is 0 Å². The highest BCUT2D eigenvalue weighted by molar-refractivity contribution is 9.10. The van der Waals surface area contributed by atoms with Gasteiger partial charge in [-0.3, -0.25) is 0 Å². The first-order valence-corrected chi connectivity index (χ1v) is 5.08. The van der Waals surface area contributed by atoms with Crippen LogP contribution in [0.4, 0.5) is 0 Å². The van der Waals surface area contributed by atoms with Gasteiger partial charge < -0.3 is 9.84 Å². The zero-order valence-corrected chi connectivity index (χ0v) is 9.62. The van der Waals surface area contributed by atoms with Gasteiger partial charge in [-0.1, -0.05) is 40.7 Å². The maximum atomic E-state index is 9.83. The predicted molar refractivity (Wildman–Crippen MR) is 59.9 cm³/mol. The van der Waals surface area contributed by atoms with Gasteiger partial charge in [0.05, 0.1) is 19.0 Å². The molecule has 0 bridgehead atoms. The third kappa shape index (κ3) is 2.86. The van der Waals surface area contributed by atoms with Gasteiger partial charge in [-0.05, 0) is 11.6 Å². The molecular weight excluding hydrogens is 244 g/mol. The van der Waals surface area contributed by atoms with E-state index in [-0.39, 0.29) is 0 Å². The Balaban J connectivity index is 2.74. The summed E-state index contributed by atoms with van der Waals surface area (Å²) in [5, 5.41) is 9.83. The molecule has 0 heterocycles. The maximum absolute atomic E-state index is 9.83. The van der Waals surface area contributed by atoms with Gasteiger partial charge in [-0.15, -0.1) is 0 Å². The second-order valence-electron chi connectivity index (χ2n) is 2.98. The Hall–Kier alpha value is -0.800. The van der Waals surface area contributed by atoms with E-state index in [2.05, 4.69) is 22.5 Å². The third-order valence-corrected chi connectivity index (χ3v) is 2.70. The summed E-state index contributed by atoms with van der Waals surface area (Å²) >= 11 is 3.38. The smallest absolute Gasteiger partial charge is 0.0913 e. The van der Waals surface area contributed by atoms with Crippen LogP contribution < -0.4 is 0 Å². The van der Waals surface area contributed by atoms with Crippen LogP contribution in [-0.2, 0) is 4.74 Å². The second kappa shape index (κ2) is 5.17. The van der Waals surface area contributed by atoms with E-state index in [0.29, 0.717) is 12.2 Å². The van der Waals surface area contributed by atoms with Crippen LogP contribution in [0.2, 0.25) is 0 Å². The molecule has 1 aromatic rings. The minimum absolute atomic E-state index is 0.416. The van der Waals surface area contributed by atoms with E-state index in [4.69, 9.17) is 4.74 Å². The van der Waals surface area contributed by atoms with Crippen molar-refractivity contribution in [2.75, 3.05) is 7.11 Å². The summed E-state index contributed by atoms with van der Waals surface area (Å²) in [6, 6.07) is 7.57. The van der Waals surface area contributed by atoms with Crippen molar-refractivity contribution in [2.24, 2.45) is 0 Å². The molecule has 0 unspecified atom stereocenters. The highest BCUT2D eigenvalue weighted by atomic mass is 79.9. The van der Waals surface area contributed by atoms with E-state index in [0.717, 1.165) is 10.0 Å². The zero-order chi connectivity index (χ0) is 10.6. The Bertz CT molecular complexity index is 323. The third-order valence-electron chi connectivity index (χ3n) is 1.97. The molecule has 1 aromatic carbocycles. The molecule has 1 atom stereocenters. The van der Waals surface area contributed by atoms with Gasteiger partial charge in [0.25, 0.3) is 0 Å². The SMILES string of the molecule is C=C(C[C@H](O)c1ccccc1Br)OC. The molecule has 0 fully saturated rings. The Morgan fingerprint density at radius 3 is 2.79 bits per heavy atom. The fraction of sp³-hybridized carbons (Fsp3) is 0.273. The summed E-state index contributed by atoms with van der Waals surface area (Å²) < 4.78 is 5.81. The normalized spacial score (nSPS) is 12.2. The molecule has 3 heteroatoms. The lowest BCUT2D eigenvalue weighted by Gasteiger charge is -2.13. The van der Waals surface area contributed by atoms with Crippen LogP contribution in [-0.4, -0.2) is 12.2 Å². The van der Waals surface area contributed by atoms with Crippen molar-refractivity contribution >= 4 is 15.9 Å². The van der Waals surface area contributed by atoms with E-state index < -0.39 is 6.10 Å². The van der Waals surface area contributed by atoms with Crippen LogP contribution in [0.5, 0.6) is 0 Å². The molecule has 0 aliphatic heterocycles. The van der Waals surface area contributed by atoms with Gasteiger partial charge in [0.15, 0.2) is 0 Å². The number of hydrogen-bond acceptors (Lipinski definition) is 2. The zero-order valence-electron chi connectivity index (χ0n) is 8.03. The topological polar surface area (TPSA) is 29.5 Å². The Kier molecular flexibility index (Phi) is 4.17. The van der Waals surface area contributed by atoms with E-state index >= 15 is 0 Å². The molecule has 0 aromatic heterocycles. The van der Waals surface area contributed by atoms with Gasteiger partial charge in [0, 0.05) is 10.9 Å². The quantitative estimate of drug-likeness (QED) is 0.840. The molecule has 1 N–H and O–H groups in total. The standard InChI is InChI=1S/C11H13BrO2/c1-8(14-2)7-11(13)9-5-3-4-6-10(9)12/h3-6,11,13H,1,7H2,2H3/t11-/m0/s1. The molecule has 1 rings (SSSR count). The lowest BCUT2D eigenvalue weighted by atomic mass is 10.1. The number of benzene rings is 1. The Labute approximate surface area is 92.3 Å². The second-order valence-corrected chi connectivity index (χ2v) is 3.84. The van der Waals surface area contributed by atoms with Gasteiger partial charge in [-0.25, -0.2) is 0 Å². The molecule has 0 saturated carbocycles. The van der Waals surface area contributed by atoms with Crippen molar-refractivity contribution in [3.05, 3.63) is 46.6 Å². The predicted octanol–water partition coefficient (Wildman–Crippen LogP) is 3.03. The van der Waals surface area contributed by atoms with E-state index in [1.807, 2.05) is 24.3 Å². The molecule has 0 spiro atoms. The van der Waals surface area contributed by atoms with Crippen molar-refractivity contribution in [2.45, 2.75) is 12.5 Å². The molecular formula is C11H13BrO2. The number of ether oxygens (including phenoxy) is 1.